The van der Waals surface area contributed by atoms with Crippen molar-refractivity contribution >= 4 is 18.2 Å². The first-order valence-corrected chi connectivity index (χ1v) is 9.37. The van der Waals surface area contributed by atoms with E-state index in [9.17, 15) is 9.59 Å². The number of hydrogen-bond acceptors (Lipinski definition) is 5. The van der Waals surface area contributed by atoms with E-state index in [-0.39, 0.29) is 30.4 Å². The first-order valence-electron chi connectivity index (χ1n) is 9.37. The summed E-state index contributed by atoms with van der Waals surface area (Å²) in [7, 11) is 0. The van der Waals surface area contributed by atoms with Crippen LogP contribution in [0.25, 0.3) is 0 Å². The highest BCUT2D eigenvalue weighted by Crippen LogP contribution is 2.29. The second kappa shape index (κ2) is 7.82. The number of fused-ring (bicyclic) bond motifs is 1. The monoisotopic (exact) mass is 377 g/mol. The lowest BCUT2D eigenvalue weighted by Gasteiger charge is -2.29. The molecule has 2 aliphatic rings. The van der Waals surface area contributed by atoms with Crippen LogP contribution in [0.2, 0.25) is 0 Å². The highest BCUT2D eigenvalue weighted by Gasteiger charge is 2.41. The number of aryl methyl sites for hydroxylation is 1. The molecule has 2 amide bonds. The highest BCUT2D eigenvalue weighted by atomic mass is 16.2. The molecule has 144 valence electrons. The molecule has 2 unspecified atom stereocenters. The Hall–Kier alpha value is -3.19. The molecule has 7 heteroatoms. The van der Waals surface area contributed by atoms with Crippen LogP contribution >= 0.6 is 0 Å². The molecule has 0 saturated carbocycles. The van der Waals surface area contributed by atoms with Gasteiger partial charge < -0.3 is 5.32 Å². The third-order valence-corrected chi connectivity index (χ3v) is 5.06. The second-order valence-electron chi connectivity index (χ2n) is 7.14. The molecule has 0 radical (unpaired) electrons. The van der Waals surface area contributed by atoms with Gasteiger partial charge >= 0.3 is 0 Å². The number of carbonyl (C=O) groups is 2. The summed E-state index contributed by atoms with van der Waals surface area (Å²) in [6.45, 7) is 2.39. The highest BCUT2D eigenvalue weighted by molar-refractivity contribution is 5.91. The predicted molar refractivity (Wildman–Crippen MR) is 106 cm³/mol. The van der Waals surface area contributed by atoms with Crippen molar-refractivity contribution < 1.29 is 9.59 Å². The van der Waals surface area contributed by atoms with Crippen LogP contribution in [-0.4, -0.2) is 40.8 Å². The van der Waals surface area contributed by atoms with Crippen LogP contribution in [0.5, 0.6) is 0 Å². The van der Waals surface area contributed by atoms with Crippen LogP contribution in [-0.2, 0) is 16.1 Å². The molecule has 1 fully saturated rings. The van der Waals surface area contributed by atoms with Gasteiger partial charge in [-0.05, 0) is 24.5 Å². The van der Waals surface area contributed by atoms with E-state index < -0.39 is 0 Å². The summed E-state index contributed by atoms with van der Waals surface area (Å²) < 4.78 is 0. The quantitative estimate of drug-likeness (QED) is 0.832. The molecule has 1 saturated heterocycles. The van der Waals surface area contributed by atoms with Gasteiger partial charge in [0.25, 0.3) is 5.91 Å². The Balaban J connectivity index is 1.34. The molecule has 2 aliphatic heterocycles. The third-order valence-electron chi connectivity index (χ3n) is 5.06. The second-order valence-corrected chi connectivity index (χ2v) is 7.14. The molecule has 4 rings (SSSR count). The van der Waals surface area contributed by atoms with E-state index in [0.29, 0.717) is 13.0 Å². The molecule has 2 atom stereocenters. The first-order chi connectivity index (χ1) is 13.6. The summed E-state index contributed by atoms with van der Waals surface area (Å²) in [5, 5.41) is 9.97. The minimum absolute atomic E-state index is 0.0489. The zero-order valence-electron chi connectivity index (χ0n) is 15.7. The zero-order valence-corrected chi connectivity index (χ0v) is 15.7. The van der Waals surface area contributed by atoms with Crippen molar-refractivity contribution in [3.8, 4) is 0 Å². The van der Waals surface area contributed by atoms with E-state index in [1.807, 2.05) is 37.3 Å². The van der Waals surface area contributed by atoms with E-state index >= 15 is 0 Å². The SMILES string of the molecule is Cc1ccc(C2CC3C(=O)N(CC(=O)NCc4ccccc4)N=CN3N2)cc1. The number of nitrogens with zero attached hydrogens (tertiary/aromatic N) is 3. The Labute approximate surface area is 164 Å². The third kappa shape index (κ3) is 3.89. The average Bonchev–Trinajstić information content (AvgIpc) is 3.15. The summed E-state index contributed by atoms with van der Waals surface area (Å²) in [5.74, 6) is -0.400. The Morgan fingerprint density at radius 2 is 1.93 bits per heavy atom. The van der Waals surface area contributed by atoms with Crippen molar-refractivity contribution in [1.82, 2.24) is 20.8 Å². The number of amides is 2. The van der Waals surface area contributed by atoms with Gasteiger partial charge in [0.1, 0.15) is 18.9 Å². The van der Waals surface area contributed by atoms with Gasteiger partial charge in [-0.15, -0.1) is 0 Å². The standard InChI is InChI=1S/C21H23N5O2/c1-15-7-9-17(10-8-15)18-11-19-21(28)25(23-14-26(19)24-18)13-20(27)22-12-16-5-3-2-4-6-16/h2-10,14,18-19,24H,11-13H2,1H3,(H,22,27). The van der Waals surface area contributed by atoms with Crippen LogP contribution < -0.4 is 10.7 Å². The van der Waals surface area contributed by atoms with Crippen LogP contribution in [0.15, 0.2) is 59.7 Å². The number of benzene rings is 2. The first kappa shape index (κ1) is 18.2. The molecule has 2 N–H and O–H groups in total. The van der Waals surface area contributed by atoms with Crippen LogP contribution in [0.3, 0.4) is 0 Å². The van der Waals surface area contributed by atoms with E-state index in [0.717, 1.165) is 11.1 Å². The Morgan fingerprint density at radius 3 is 2.68 bits per heavy atom. The van der Waals surface area contributed by atoms with Crippen LogP contribution in [0, 0.1) is 6.92 Å². The van der Waals surface area contributed by atoms with Gasteiger partial charge in [-0.25, -0.2) is 10.4 Å². The lowest BCUT2D eigenvalue weighted by atomic mass is 10.0. The lowest BCUT2D eigenvalue weighted by molar-refractivity contribution is -0.140. The van der Waals surface area contributed by atoms with E-state index in [1.165, 1.54) is 10.6 Å². The van der Waals surface area contributed by atoms with Gasteiger partial charge in [0.05, 0.1) is 6.04 Å². The van der Waals surface area contributed by atoms with Crippen molar-refractivity contribution in [3.63, 3.8) is 0 Å². The Morgan fingerprint density at radius 1 is 1.18 bits per heavy atom. The number of hydrazone groups is 1. The smallest absolute Gasteiger partial charge is 0.267 e. The van der Waals surface area contributed by atoms with Crippen LogP contribution in [0.1, 0.15) is 29.2 Å². The number of carbonyl (C=O) groups excluding carboxylic acids is 2. The fraction of sp³-hybridized carbons (Fsp3) is 0.286. The van der Waals surface area contributed by atoms with Crippen LogP contribution in [0.4, 0.5) is 0 Å². The molecule has 2 aromatic carbocycles. The molecule has 0 spiro atoms. The maximum Gasteiger partial charge on any atom is 0.267 e. The molecule has 0 bridgehead atoms. The number of rotatable bonds is 5. The number of hydrogen-bond donors (Lipinski definition) is 2. The normalized spacial score (nSPS) is 21.0. The maximum atomic E-state index is 12.8. The zero-order chi connectivity index (χ0) is 19.5. The fourth-order valence-corrected chi connectivity index (χ4v) is 3.46. The molecule has 2 heterocycles. The molecule has 7 nitrogen and oxygen atoms in total. The molecule has 0 aromatic heterocycles. The number of hydrazine groups is 1. The van der Waals surface area contributed by atoms with E-state index in [4.69, 9.17) is 0 Å². The minimum Gasteiger partial charge on any atom is -0.350 e. The Bertz CT molecular complexity index is 881. The van der Waals surface area contributed by atoms with Gasteiger partial charge in [0.2, 0.25) is 5.91 Å². The summed E-state index contributed by atoms with van der Waals surface area (Å²) in [6.07, 6.45) is 2.22. The van der Waals surface area contributed by atoms with Gasteiger partial charge in [0, 0.05) is 6.54 Å². The van der Waals surface area contributed by atoms with Crippen molar-refractivity contribution in [3.05, 3.63) is 71.3 Å². The van der Waals surface area contributed by atoms with Crippen molar-refractivity contribution in [2.45, 2.75) is 32.0 Å². The summed E-state index contributed by atoms with van der Waals surface area (Å²) in [6, 6.07) is 17.6. The molecular formula is C21H23N5O2. The molecule has 28 heavy (non-hydrogen) atoms. The summed E-state index contributed by atoms with van der Waals surface area (Å²) in [4.78, 5) is 25.0. The van der Waals surface area contributed by atoms with Gasteiger partial charge in [-0.3, -0.25) is 14.6 Å². The summed E-state index contributed by atoms with van der Waals surface area (Å²) >= 11 is 0. The van der Waals surface area contributed by atoms with Crippen molar-refractivity contribution in [1.29, 1.82) is 0 Å². The van der Waals surface area contributed by atoms with Gasteiger partial charge in [0.15, 0.2) is 0 Å². The van der Waals surface area contributed by atoms with Crippen molar-refractivity contribution in [2.75, 3.05) is 6.54 Å². The summed E-state index contributed by atoms with van der Waals surface area (Å²) in [5.41, 5.74) is 6.66. The topological polar surface area (TPSA) is 77.0 Å². The van der Waals surface area contributed by atoms with E-state index in [2.05, 4.69) is 40.1 Å². The Kier molecular flexibility index (Phi) is 5.08. The molecule has 0 aliphatic carbocycles. The van der Waals surface area contributed by atoms with Gasteiger partial charge in [-0.1, -0.05) is 60.2 Å². The average molecular weight is 377 g/mol. The number of nitrogens with one attached hydrogen (secondary N) is 2. The fourth-order valence-electron chi connectivity index (χ4n) is 3.46. The lowest BCUT2D eigenvalue weighted by Crippen LogP contribution is -2.52. The van der Waals surface area contributed by atoms with Crippen molar-refractivity contribution in [2.24, 2.45) is 5.10 Å². The molecular weight excluding hydrogens is 354 g/mol. The van der Waals surface area contributed by atoms with Gasteiger partial charge in [-0.2, -0.15) is 5.10 Å². The maximum absolute atomic E-state index is 12.8. The molecule has 2 aromatic rings. The minimum atomic E-state index is -0.356. The largest absolute Gasteiger partial charge is 0.350 e. The van der Waals surface area contributed by atoms with E-state index in [1.54, 1.807) is 11.3 Å². The predicted octanol–water partition coefficient (Wildman–Crippen LogP) is 1.72.